The third-order valence-corrected chi connectivity index (χ3v) is 7.49. The zero-order valence-electron chi connectivity index (χ0n) is 20.2. The predicted octanol–water partition coefficient (Wildman–Crippen LogP) is 0.829. The Hall–Kier alpha value is -3.78. The number of benzene rings is 1. The molecule has 0 bridgehead atoms. The van der Waals surface area contributed by atoms with Crippen LogP contribution in [0.3, 0.4) is 0 Å². The van der Waals surface area contributed by atoms with Crippen LogP contribution in [0.5, 0.6) is 0 Å². The molecule has 2 aromatic rings. The maximum Gasteiger partial charge on any atom is 0.416 e. The largest absolute Gasteiger partial charge is 0.447 e. The van der Waals surface area contributed by atoms with Crippen LogP contribution in [-0.2, 0) is 30.2 Å². The molecule has 1 aromatic heterocycles. The maximum atomic E-state index is 16.2. The van der Waals surface area contributed by atoms with Crippen LogP contribution in [0.2, 0.25) is 0 Å². The summed E-state index contributed by atoms with van der Waals surface area (Å²) >= 11 is 0. The number of fused-ring (bicyclic) bond motifs is 5. The van der Waals surface area contributed by atoms with E-state index in [1.54, 1.807) is 24.8 Å². The van der Waals surface area contributed by atoms with Crippen LogP contribution in [0, 0.1) is 11.2 Å². The summed E-state index contributed by atoms with van der Waals surface area (Å²) in [6.07, 6.45) is -1.91. The van der Waals surface area contributed by atoms with Gasteiger partial charge in [-0.3, -0.25) is 20.2 Å². The second-order valence-corrected chi connectivity index (χ2v) is 9.77. The van der Waals surface area contributed by atoms with E-state index in [1.807, 2.05) is 0 Å². The minimum absolute atomic E-state index is 0.0360. The number of anilines is 2. The first-order chi connectivity index (χ1) is 17.7. The van der Waals surface area contributed by atoms with E-state index in [2.05, 4.69) is 15.8 Å². The van der Waals surface area contributed by atoms with Gasteiger partial charge in [0, 0.05) is 20.1 Å². The van der Waals surface area contributed by atoms with Crippen molar-refractivity contribution in [2.45, 2.75) is 44.6 Å². The third kappa shape index (κ3) is 3.18. The standard InChI is InChI=1S/C23H24FN5O8/c1-9-6-28-15-11(5-23(17(28)10(2)36-9)19(30)25-21(32)26-20(23)31)4-13-16(14(15)24)37-27-18(13)29-12(7-34-3)8-35-22(29)33/h4,9-10,12,17H,5-8H2,1-3H3,(H2,25,26,30,31,32)/t9-,10+,12-,17-/m0/s1. The maximum absolute atomic E-state index is 16.2. The summed E-state index contributed by atoms with van der Waals surface area (Å²) in [6, 6.07) is -0.773. The lowest BCUT2D eigenvalue weighted by Crippen LogP contribution is -2.75. The fourth-order valence-corrected chi connectivity index (χ4v) is 6.15. The molecule has 0 radical (unpaired) electrons. The molecule has 0 saturated carbocycles. The lowest BCUT2D eigenvalue weighted by atomic mass is 9.66. The number of hydrogen-bond donors (Lipinski definition) is 2. The van der Waals surface area contributed by atoms with Gasteiger partial charge in [0.25, 0.3) is 0 Å². The fraction of sp³-hybridized carbons (Fsp3) is 0.522. The highest BCUT2D eigenvalue weighted by Gasteiger charge is 2.63. The number of urea groups is 1. The van der Waals surface area contributed by atoms with Crippen molar-refractivity contribution in [1.29, 1.82) is 0 Å². The van der Waals surface area contributed by atoms with Crippen molar-refractivity contribution in [3.63, 3.8) is 0 Å². The Bertz CT molecular complexity index is 1340. The van der Waals surface area contributed by atoms with E-state index in [0.717, 1.165) is 0 Å². The molecule has 13 nitrogen and oxygen atoms in total. The van der Waals surface area contributed by atoms with Crippen molar-refractivity contribution >= 4 is 46.4 Å². The summed E-state index contributed by atoms with van der Waals surface area (Å²) in [5.74, 6) is -2.28. The summed E-state index contributed by atoms with van der Waals surface area (Å²) in [7, 11) is 1.48. The second-order valence-electron chi connectivity index (χ2n) is 9.77. The SMILES string of the molecule is COC[C@H]1COC(=O)N1c1noc2c(F)c3c(cc12)CC1(C(=O)NC(=O)NC1=O)[C@@H]1[C@@H](C)O[C@@H](C)CN31. The number of imide groups is 2. The Balaban J connectivity index is 1.55. The van der Waals surface area contributed by atoms with Gasteiger partial charge in [-0.1, -0.05) is 5.16 Å². The molecule has 0 unspecified atom stereocenters. The first kappa shape index (κ1) is 23.6. The van der Waals surface area contributed by atoms with E-state index >= 15 is 4.39 Å². The van der Waals surface area contributed by atoms with Gasteiger partial charge in [0.2, 0.25) is 17.4 Å². The van der Waals surface area contributed by atoms with Gasteiger partial charge in [0.05, 0.1) is 42.0 Å². The number of aromatic nitrogens is 1. The molecule has 14 heteroatoms. The molecule has 5 heterocycles. The Kier molecular flexibility index (Phi) is 5.18. The number of nitrogens with one attached hydrogen (secondary N) is 2. The first-order valence-corrected chi connectivity index (χ1v) is 11.8. The van der Waals surface area contributed by atoms with Crippen LogP contribution in [0.1, 0.15) is 19.4 Å². The van der Waals surface area contributed by atoms with E-state index < -0.39 is 53.4 Å². The van der Waals surface area contributed by atoms with E-state index in [0.29, 0.717) is 5.56 Å². The Morgan fingerprint density at radius 1 is 1.22 bits per heavy atom. The third-order valence-electron chi connectivity index (χ3n) is 7.49. The molecule has 1 spiro atoms. The monoisotopic (exact) mass is 517 g/mol. The first-order valence-electron chi connectivity index (χ1n) is 11.8. The van der Waals surface area contributed by atoms with Gasteiger partial charge in [0.15, 0.2) is 17.1 Å². The minimum Gasteiger partial charge on any atom is -0.447 e. The molecule has 6 rings (SSSR count). The summed E-state index contributed by atoms with van der Waals surface area (Å²) < 4.78 is 37.9. The van der Waals surface area contributed by atoms with Gasteiger partial charge >= 0.3 is 12.1 Å². The normalized spacial score (nSPS) is 28.8. The molecule has 3 fully saturated rings. The number of halogens is 1. The molecule has 4 aliphatic heterocycles. The minimum atomic E-state index is -1.77. The Morgan fingerprint density at radius 2 is 1.95 bits per heavy atom. The smallest absolute Gasteiger partial charge is 0.416 e. The van der Waals surface area contributed by atoms with Crippen molar-refractivity contribution in [2.75, 3.05) is 36.7 Å². The number of morpholine rings is 1. The van der Waals surface area contributed by atoms with Gasteiger partial charge in [-0.05, 0) is 25.5 Å². The molecule has 3 saturated heterocycles. The van der Waals surface area contributed by atoms with E-state index in [9.17, 15) is 19.2 Å². The average molecular weight is 517 g/mol. The van der Waals surface area contributed by atoms with Crippen LogP contribution in [0.4, 0.5) is 25.5 Å². The number of nitrogens with zero attached hydrogens (tertiary/aromatic N) is 3. The number of ether oxygens (including phenoxy) is 3. The number of amides is 5. The van der Waals surface area contributed by atoms with Crippen molar-refractivity contribution < 1.29 is 42.3 Å². The summed E-state index contributed by atoms with van der Waals surface area (Å²) in [6.45, 7) is 3.88. The van der Waals surface area contributed by atoms with Crippen molar-refractivity contribution in [3.05, 3.63) is 17.4 Å². The van der Waals surface area contributed by atoms with E-state index in [4.69, 9.17) is 18.7 Å². The lowest BCUT2D eigenvalue weighted by Gasteiger charge is -2.55. The predicted molar refractivity (Wildman–Crippen MR) is 122 cm³/mol. The molecule has 37 heavy (non-hydrogen) atoms. The number of cyclic esters (lactones) is 1. The van der Waals surface area contributed by atoms with Gasteiger partial charge in [-0.2, -0.15) is 0 Å². The fourth-order valence-electron chi connectivity index (χ4n) is 6.15. The van der Waals surface area contributed by atoms with Crippen molar-refractivity contribution in [3.8, 4) is 0 Å². The van der Waals surface area contributed by atoms with Gasteiger partial charge in [-0.15, -0.1) is 0 Å². The highest BCUT2D eigenvalue weighted by Crippen LogP contribution is 2.50. The topological polar surface area (TPSA) is 153 Å². The van der Waals surface area contributed by atoms with Crippen LogP contribution >= 0.6 is 0 Å². The van der Waals surface area contributed by atoms with Crippen LogP contribution in [0.15, 0.2) is 10.6 Å². The molecular weight excluding hydrogens is 493 g/mol. The molecule has 4 aliphatic rings. The average Bonchev–Trinajstić information content (AvgIpc) is 3.40. The zero-order chi connectivity index (χ0) is 26.2. The lowest BCUT2D eigenvalue weighted by molar-refractivity contribution is -0.153. The van der Waals surface area contributed by atoms with Crippen LogP contribution in [0.25, 0.3) is 11.0 Å². The Morgan fingerprint density at radius 3 is 2.65 bits per heavy atom. The van der Waals surface area contributed by atoms with E-state index in [1.165, 1.54) is 12.0 Å². The van der Waals surface area contributed by atoms with Crippen LogP contribution < -0.4 is 20.4 Å². The van der Waals surface area contributed by atoms with Gasteiger partial charge < -0.3 is 23.6 Å². The molecule has 2 N–H and O–H groups in total. The molecular formula is C23H24FN5O8. The van der Waals surface area contributed by atoms with Crippen molar-refractivity contribution in [1.82, 2.24) is 15.8 Å². The number of hydrogen-bond acceptors (Lipinski definition) is 10. The highest BCUT2D eigenvalue weighted by atomic mass is 19.1. The number of barbiturate groups is 1. The summed E-state index contributed by atoms with van der Waals surface area (Å²) in [5, 5.41) is 8.54. The van der Waals surface area contributed by atoms with Gasteiger partial charge in [-0.25, -0.2) is 18.9 Å². The molecule has 0 aliphatic carbocycles. The summed E-state index contributed by atoms with van der Waals surface area (Å²) in [5.41, 5.74) is -1.48. The molecule has 4 atom stereocenters. The van der Waals surface area contributed by atoms with Crippen molar-refractivity contribution in [2.24, 2.45) is 5.41 Å². The zero-order valence-corrected chi connectivity index (χ0v) is 20.2. The summed E-state index contributed by atoms with van der Waals surface area (Å²) in [4.78, 5) is 54.0. The number of carbonyl (C=O) groups excluding carboxylic acids is 4. The van der Waals surface area contributed by atoms with Crippen LogP contribution in [-0.4, -0.2) is 80.3 Å². The number of carbonyl (C=O) groups is 4. The second kappa shape index (κ2) is 8.11. The highest BCUT2D eigenvalue weighted by molar-refractivity contribution is 6.20. The number of methoxy groups -OCH3 is 1. The van der Waals surface area contributed by atoms with Gasteiger partial charge in [0.1, 0.15) is 6.61 Å². The Labute approximate surface area is 209 Å². The molecule has 5 amide bonds. The quantitative estimate of drug-likeness (QED) is 0.560. The van der Waals surface area contributed by atoms with E-state index in [-0.39, 0.29) is 54.8 Å². The molecule has 196 valence electrons. The number of rotatable bonds is 3. The molecule has 1 aromatic carbocycles.